The number of halogens is 1. The molecule has 0 atom stereocenters. The Bertz CT molecular complexity index is 668. The van der Waals surface area contributed by atoms with E-state index in [1.807, 2.05) is 0 Å². The van der Waals surface area contributed by atoms with Gasteiger partial charge in [-0.1, -0.05) is 0 Å². The van der Waals surface area contributed by atoms with E-state index in [0.717, 1.165) is 12.8 Å². The van der Waals surface area contributed by atoms with E-state index >= 15 is 0 Å². The third kappa shape index (κ3) is 3.53. The van der Waals surface area contributed by atoms with Crippen LogP contribution in [-0.2, 0) is 14.8 Å². The molecule has 8 heteroatoms. The zero-order chi connectivity index (χ0) is 16.5. The lowest BCUT2D eigenvalue weighted by Gasteiger charge is -2.34. The molecular formula is C15H20FN3O3S. The second kappa shape index (κ2) is 6.16. The molecule has 1 aliphatic carbocycles. The van der Waals surface area contributed by atoms with Crippen molar-refractivity contribution in [3.8, 4) is 0 Å². The maximum Gasteiger partial charge on any atom is 0.257 e. The number of nitrogens with one attached hydrogen (secondary N) is 1. The molecule has 1 aromatic heterocycles. The van der Waals surface area contributed by atoms with Crippen molar-refractivity contribution in [2.24, 2.45) is 5.92 Å². The van der Waals surface area contributed by atoms with Crippen molar-refractivity contribution in [1.82, 2.24) is 14.6 Å². The van der Waals surface area contributed by atoms with Crippen molar-refractivity contribution in [1.29, 1.82) is 0 Å². The van der Waals surface area contributed by atoms with Crippen LogP contribution in [-0.4, -0.2) is 48.9 Å². The topological polar surface area (TPSA) is 79.4 Å². The number of alkyl halides is 1. The van der Waals surface area contributed by atoms with Gasteiger partial charge in [-0.05, 0) is 30.9 Å². The number of rotatable bonds is 5. The molecule has 1 aromatic rings. The van der Waals surface area contributed by atoms with E-state index in [0.29, 0.717) is 12.5 Å². The Kier molecular flexibility index (Phi) is 4.37. The summed E-state index contributed by atoms with van der Waals surface area (Å²) in [6.45, 7) is 0.497. The second-order valence-corrected chi connectivity index (χ2v) is 8.15. The first-order valence-corrected chi connectivity index (χ1v) is 9.23. The second-order valence-electron chi connectivity index (χ2n) is 6.21. The first kappa shape index (κ1) is 16.3. The summed E-state index contributed by atoms with van der Waals surface area (Å²) in [6.07, 6.45) is 4.68. The summed E-state index contributed by atoms with van der Waals surface area (Å²) in [7, 11) is -3.68. The number of carbonyl (C=O) groups excluding carboxylic acids is 1. The molecule has 2 heterocycles. The quantitative estimate of drug-likeness (QED) is 0.870. The normalized spacial score (nSPS) is 21.8. The van der Waals surface area contributed by atoms with Gasteiger partial charge in [0.15, 0.2) is 5.67 Å². The van der Waals surface area contributed by atoms with E-state index in [2.05, 4.69) is 10.3 Å². The molecule has 1 aliphatic heterocycles. The number of hydrogen-bond acceptors (Lipinski definition) is 4. The monoisotopic (exact) mass is 341 g/mol. The van der Waals surface area contributed by atoms with E-state index < -0.39 is 21.6 Å². The van der Waals surface area contributed by atoms with Gasteiger partial charge in [-0.15, -0.1) is 0 Å². The van der Waals surface area contributed by atoms with Crippen LogP contribution in [0.3, 0.4) is 0 Å². The van der Waals surface area contributed by atoms with E-state index in [-0.39, 0.29) is 30.8 Å². The molecule has 0 aromatic carbocycles. The fourth-order valence-corrected chi connectivity index (χ4v) is 4.08. The lowest BCUT2D eigenvalue weighted by molar-refractivity contribution is -0.135. The Labute approximate surface area is 135 Å². The first-order valence-electron chi connectivity index (χ1n) is 7.79. The summed E-state index contributed by atoms with van der Waals surface area (Å²) < 4.78 is 40.9. The van der Waals surface area contributed by atoms with Crippen LogP contribution < -0.4 is 5.32 Å². The molecule has 1 N–H and O–H groups in total. The summed E-state index contributed by atoms with van der Waals surface area (Å²) in [5.41, 5.74) is -1.98. The van der Waals surface area contributed by atoms with Crippen LogP contribution in [0.4, 0.5) is 4.39 Å². The highest BCUT2D eigenvalue weighted by atomic mass is 32.2. The molecule has 0 spiro atoms. The molecule has 0 unspecified atom stereocenters. The molecule has 126 valence electrons. The van der Waals surface area contributed by atoms with E-state index in [4.69, 9.17) is 0 Å². The standard InChI is InChI=1S/C15H20FN3O3S/c16-15(14(20)18-10-12-3-4-12)5-8-19(9-6-15)23(21,22)13-2-1-7-17-11-13/h1-2,7,11-12H,3-6,8-10H2,(H,18,20). The number of amides is 1. The van der Waals surface area contributed by atoms with Gasteiger partial charge in [0.2, 0.25) is 10.0 Å². The average molecular weight is 341 g/mol. The Morgan fingerprint density at radius 1 is 1.39 bits per heavy atom. The highest BCUT2D eigenvalue weighted by Crippen LogP contribution is 2.31. The van der Waals surface area contributed by atoms with Crippen molar-refractivity contribution in [2.75, 3.05) is 19.6 Å². The van der Waals surface area contributed by atoms with Crippen LogP contribution in [0.15, 0.2) is 29.4 Å². The minimum Gasteiger partial charge on any atom is -0.353 e. The van der Waals surface area contributed by atoms with Gasteiger partial charge in [0.05, 0.1) is 0 Å². The largest absolute Gasteiger partial charge is 0.353 e. The molecule has 1 amide bonds. The number of hydrogen-bond donors (Lipinski definition) is 1. The predicted octanol–water partition coefficient (Wildman–Crippen LogP) is 1.10. The minimum absolute atomic E-state index is 0.00935. The number of aromatic nitrogens is 1. The Morgan fingerprint density at radius 3 is 2.65 bits per heavy atom. The van der Waals surface area contributed by atoms with Gasteiger partial charge in [0, 0.05) is 44.9 Å². The molecule has 1 saturated carbocycles. The van der Waals surface area contributed by atoms with Crippen molar-refractivity contribution >= 4 is 15.9 Å². The fraction of sp³-hybridized carbons (Fsp3) is 0.600. The summed E-state index contributed by atoms with van der Waals surface area (Å²) >= 11 is 0. The van der Waals surface area contributed by atoms with Gasteiger partial charge < -0.3 is 5.32 Å². The smallest absolute Gasteiger partial charge is 0.257 e. The molecule has 1 saturated heterocycles. The number of sulfonamides is 1. The highest BCUT2D eigenvalue weighted by Gasteiger charge is 2.44. The number of piperidine rings is 1. The third-order valence-electron chi connectivity index (χ3n) is 4.44. The molecule has 2 fully saturated rings. The Morgan fingerprint density at radius 2 is 2.09 bits per heavy atom. The van der Waals surface area contributed by atoms with Crippen LogP contribution in [0.25, 0.3) is 0 Å². The van der Waals surface area contributed by atoms with Crippen LogP contribution in [0.2, 0.25) is 0 Å². The molecular weight excluding hydrogens is 321 g/mol. The summed E-state index contributed by atoms with van der Waals surface area (Å²) in [4.78, 5) is 15.9. The van der Waals surface area contributed by atoms with Gasteiger partial charge in [-0.25, -0.2) is 12.8 Å². The molecule has 0 radical (unpaired) electrons. The maximum atomic E-state index is 14.8. The van der Waals surface area contributed by atoms with Gasteiger partial charge in [-0.2, -0.15) is 4.31 Å². The SMILES string of the molecule is O=C(NCC1CC1)C1(F)CCN(S(=O)(=O)c2cccnc2)CC1. The zero-order valence-electron chi connectivity index (χ0n) is 12.7. The van der Waals surface area contributed by atoms with Gasteiger partial charge in [-0.3, -0.25) is 9.78 Å². The third-order valence-corrected chi connectivity index (χ3v) is 6.32. The van der Waals surface area contributed by atoms with Crippen molar-refractivity contribution in [3.63, 3.8) is 0 Å². The van der Waals surface area contributed by atoms with E-state index in [9.17, 15) is 17.6 Å². The molecule has 0 bridgehead atoms. The molecule has 3 rings (SSSR count). The molecule has 6 nitrogen and oxygen atoms in total. The minimum atomic E-state index is -3.68. The Hall–Kier alpha value is -1.54. The van der Waals surface area contributed by atoms with Gasteiger partial charge >= 0.3 is 0 Å². The lowest BCUT2D eigenvalue weighted by Crippen LogP contribution is -2.52. The molecule has 2 aliphatic rings. The van der Waals surface area contributed by atoms with Gasteiger partial charge in [0.25, 0.3) is 5.91 Å². The number of pyridine rings is 1. The zero-order valence-corrected chi connectivity index (χ0v) is 13.6. The van der Waals surface area contributed by atoms with E-state index in [1.165, 1.54) is 22.8 Å². The summed E-state index contributed by atoms with van der Waals surface area (Å²) in [6, 6.07) is 3.00. The number of carbonyl (C=O) groups is 1. The molecule has 23 heavy (non-hydrogen) atoms. The van der Waals surface area contributed by atoms with Crippen molar-refractivity contribution in [2.45, 2.75) is 36.2 Å². The van der Waals surface area contributed by atoms with Crippen molar-refractivity contribution < 1.29 is 17.6 Å². The summed E-state index contributed by atoms with van der Waals surface area (Å²) in [5.74, 6) is -0.128. The summed E-state index contributed by atoms with van der Waals surface area (Å²) in [5, 5.41) is 2.65. The maximum absolute atomic E-state index is 14.8. The number of nitrogens with zero attached hydrogens (tertiary/aromatic N) is 2. The average Bonchev–Trinajstić information content (AvgIpc) is 3.38. The van der Waals surface area contributed by atoms with Gasteiger partial charge in [0.1, 0.15) is 4.90 Å². The van der Waals surface area contributed by atoms with Crippen LogP contribution in [0.5, 0.6) is 0 Å². The predicted molar refractivity (Wildman–Crippen MR) is 81.8 cm³/mol. The van der Waals surface area contributed by atoms with Crippen LogP contribution >= 0.6 is 0 Å². The van der Waals surface area contributed by atoms with Crippen molar-refractivity contribution in [3.05, 3.63) is 24.5 Å². The van der Waals surface area contributed by atoms with Crippen LogP contribution in [0, 0.1) is 5.92 Å². The highest BCUT2D eigenvalue weighted by molar-refractivity contribution is 7.89. The fourth-order valence-electron chi connectivity index (χ4n) is 2.67. The van der Waals surface area contributed by atoms with Crippen LogP contribution in [0.1, 0.15) is 25.7 Å². The lowest BCUT2D eigenvalue weighted by atomic mass is 9.93. The first-order chi connectivity index (χ1) is 10.9. The van der Waals surface area contributed by atoms with E-state index in [1.54, 1.807) is 6.07 Å². The Balaban J connectivity index is 1.62.